The molecule has 4 nitrogen and oxygen atoms in total. The van der Waals surface area contributed by atoms with Gasteiger partial charge < -0.3 is 5.32 Å². The normalized spacial score (nSPS) is 21.5. The molecule has 1 fully saturated rings. The molecule has 0 aromatic heterocycles. The van der Waals surface area contributed by atoms with Gasteiger partial charge in [-0.1, -0.05) is 33.6 Å². The first-order valence-corrected chi connectivity index (χ1v) is 7.56. The summed E-state index contributed by atoms with van der Waals surface area (Å²) in [6.07, 6.45) is 4.61. The average molecular weight is 268 g/mol. The minimum atomic E-state index is -0.291. The van der Waals surface area contributed by atoms with Gasteiger partial charge in [-0.15, -0.1) is 0 Å². The van der Waals surface area contributed by atoms with Crippen LogP contribution in [0.3, 0.4) is 0 Å². The second-order valence-corrected chi connectivity index (χ2v) is 5.96. The van der Waals surface area contributed by atoms with Crippen molar-refractivity contribution in [2.24, 2.45) is 5.92 Å². The van der Waals surface area contributed by atoms with E-state index < -0.39 is 0 Å². The number of nitrogens with zero attached hydrogens (tertiary/aromatic N) is 1. The van der Waals surface area contributed by atoms with Crippen LogP contribution < -0.4 is 5.32 Å². The van der Waals surface area contributed by atoms with Gasteiger partial charge >= 0.3 is 0 Å². The van der Waals surface area contributed by atoms with Crippen LogP contribution in [0.15, 0.2) is 0 Å². The van der Waals surface area contributed by atoms with Crippen molar-refractivity contribution in [3.05, 3.63) is 0 Å². The molecule has 0 bridgehead atoms. The van der Waals surface area contributed by atoms with Crippen molar-refractivity contribution in [2.75, 3.05) is 6.54 Å². The molecule has 2 atom stereocenters. The molecule has 110 valence electrons. The number of hydrogen-bond acceptors (Lipinski definition) is 3. The van der Waals surface area contributed by atoms with Gasteiger partial charge in [0.1, 0.15) is 0 Å². The smallest absolute Gasteiger partial charge is 0.247 e. The number of carbonyl (C=O) groups excluding carboxylic acids is 2. The number of likely N-dealkylation sites (tertiary alicyclic amines) is 1. The second-order valence-electron chi connectivity index (χ2n) is 5.96. The van der Waals surface area contributed by atoms with Crippen molar-refractivity contribution in [1.82, 2.24) is 10.2 Å². The van der Waals surface area contributed by atoms with E-state index in [0.29, 0.717) is 6.42 Å². The first-order chi connectivity index (χ1) is 8.97. The number of hydrogen-bond donors (Lipinski definition) is 1. The molecule has 0 aromatic rings. The van der Waals surface area contributed by atoms with Crippen molar-refractivity contribution in [3.63, 3.8) is 0 Å². The number of amides is 2. The largest absolute Gasteiger partial charge is 0.305 e. The predicted octanol–water partition coefficient (Wildman–Crippen LogP) is 2.33. The molecule has 1 heterocycles. The highest BCUT2D eigenvalue weighted by Crippen LogP contribution is 2.18. The Hall–Kier alpha value is -0.900. The van der Waals surface area contributed by atoms with E-state index in [2.05, 4.69) is 19.2 Å². The first-order valence-electron chi connectivity index (χ1n) is 7.56. The summed E-state index contributed by atoms with van der Waals surface area (Å²) in [6, 6.07) is -0.270. The lowest BCUT2D eigenvalue weighted by molar-refractivity contribution is -0.141. The summed E-state index contributed by atoms with van der Waals surface area (Å²) in [6.45, 7) is 9.19. The van der Waals surface area contributed by atoms with Gasteiger partial charge in [0.05, 0.1) is 12.5 Å². The van der Waals surface area contributed by atoms with Crippen LogP contribution in [0.2, 0.25) is 0 Å². The van der Waals surface area contributed by atoms with E-state index in [1.165, 1.54) is 17.7 Å². The Bertz CT molecular complexity index is 315. The third-order valence-electron chi connectivity index (χ3n) is 3.81. The van der Waals surface area contributed by atoms with Crippen molar-refractivity contribution in [2.45, 2.75) is 71.9 Å². The molecule has 1 aliphatic heterocycles. The van der Waals surface area contributed by atoms with Gasteiger partial charge in [-0.05, 0) is 32.2 Å². The number of carbonyl (C=O) groups is 2. The lowest BCUT2D eigenvalue weighted by Crippen LogP contribution is -2.42. The first kappa shape index (κ1) is 16.2. The molecule has 4 heteroatoms. The second kappa shape index (κ2) is 7.63. The van der Waals surface area contributed by atoms with Gasteiger partial charge in [0.2, 0.25) is 11.8 Å². The number of rotatable bonds is 8. The van der Waals surface area contributed by atoms with E-state index in [1.807, 2.05) is 13.8 Å². The summed E-state index contributed by atoms with van der Waals surface area (Å²) in [4.78, 5) is 25.4. The fourth-order valence-electron chi connectivity index (χ4n) is 2.41. The number of imide groups is 1. The van der Waals surface area contributed by atoms with Gasteiger partial charge in [0, 0.05) is 6.04 Å². The van der Waals surface area contributed by atoms with E-state index >= 15 is 0 Å². The van der Waals surface area contributed by atoms with Gasteiger partial charge in [0.15, 0.2) is 0 Å². The van der Waals surface area contributed by atoms with Crippen LogP contribution in [-0.4, -0.2) is 35.3 Å². The quantitative estimate of drug-likeness (QED) is 0.543. The zero-order chi connectivity index (χ0) is 14.4. The van der Waals surface area contributed by atoms with E-state index in [1.54, 1.807) is 0 Å². The van der Waals surface area contributed by atoms with Gasteiger partial charge in [-0.3, -0.25) is 14.5 Å². The lowest BCUT2D eigenvalue weighted by Gasteiger charge is -2.21. The maximum Gasteiger partial charge on any atom is 0.247 e. The van der Waals surface area contributed by atoms with Crippen LogP contribution in [0.25, 0.3) is 0 Å². The maximum atomic E-state index is 12.1. The van der Waals surface area contributed by atoms with E-state index in [0.717, 1.165) is 25.3 Å². The Balaban J connectivity index is 2.32. The van der Waals surface area contributed by atoms with Crippen LogP contribution in [-0.2, 0) is 9.59 Å². The van der Waals surface area contributed by atoms with E-state index in [-0.39, 0.29) is 23.9 Å². The lowest BCUT2D eigenvalue weighted by atomic mass is 10.1. The monoisotopic (exact) mass is 268 g/mol. The third kappa shape index (κ3) is 4.60. The van der Waals surface area contributed by atoms with Crippen LogP contribution >= 0.6 is 0 Å². The molecule has 1 saturated heterocycles. The van der Waals surface area contributed by atoms with Crippen molar-refractivity contribution >= 4 is 11.8 Å². The van der Waals surface area contributed by atoms with Crippen molar-refractivity contribution in [3.8, 4) is 0 Å². The fraction of sp³-hybridized carbons (Fsp3) is 0.867. The van der Waals surface area contributed by atoms with Crippen molar-refractivity contribution < 1.29 is 9.59 Å². The minimum Gasteiger partial charge on any atom is -0.305 e. The molecule has 0 aromatic carbocycles. The Morgan fingerprint density at radius 2 is 1.95 bits per heavy atom. The maximum absolute atomic E-state index is 12.1. The average Bonchev–Trinajstić information content (AvgIpc) is 2.63. The predicted molar refractivity (Wildman–Crippen MR) is 76.7 cm³/mol. The van der Waals surface area contributed by atoms with Gasteiger partial charge in [0.25, 0.3) is 0 Å². The van der Waals surface area contributed by atoms with E-state index in [4.69, 9.17) is 0 Å². The minimum absolute atomic E-state index is 0.0211. The highest BCUT2D eigenvalue weighted by atomic mass is 16.2. The SMILES string of the molecule is CCC(C)N1C(=O)CC(NCCCCC(C)C)C1=O. The Labute approximate surface area is 116 Å². The third-order valence-corrected chi connectivity index (χ3v) is 3.81. The zero-order valence-electron chi connectivity index (χ0n) is 12.7. The van der Waals surface area contributed by atoms with Gasteiger partial charge in [-0.25, -0.2) is 0 Å². The van der Waals surface area contributed by atoms with Crippen LogP contribution in [0.1, 0.15) is 59.8 Å². The summed E-state index contributed by atoms with van der Waals surface area (Å²) in [5.41, 5.74) is 0. The Morgan fingerprint density at radius 3 is 2.53 bits per heavy atom. The molecule has 0 radical (unpaired) electrons. The van der Waals surface area contributed by atoms with Crippen LogP contribution in [0, 0.1) is 5.92 Å². The molecule has 1 aliphatic rings. The van der Waals surface area contributed by atoms with Crippen LogP contribution in [0.5, 0.6) is 0 Å². The Kier molecular flexibility index (Phi) is 6.49. The van der Waals surface area contributed by atoms with Crippen LogP contribution in [0.4, 0.5) is 0 Å². The summed E-state index contributed by atoms with van der Waals surface area (Å²) >= 11 is 0. The molecule has 1 N–H and O–H groups in total. The Morgan fingerprint density at radius 1 is 1.26 bits per heavy atom. The highest BCUT2D eigenvalue weighted by Gasteiger charge is 2.39. The molecule has 0 saturated carbocycles. The van der Waals surface area contributed by atoms with E-state index in [9.17, 15) is 9.59 Å². The molecular formula is C15H28N2O2. The number of unbranched alkanes of at least 4 members (excludes halogenated alkanes) is 1. The summed E-state index contributed by atoms with van der Waals surface area (Å²) in [7, 11) is 0. The fourth-order valence-corrected chi connectivity index (χ4v) is 2.41. The topological polar surface area (TPSA) is 49.4 Å². The van der Waals surface area contributed by atoms with Gasteiger partial charge in [-0.2, -0.15) is 0 Å². The molecule has 0 aliphatic carbocycles. The van der Waals surface area contributed by atoms with Crippen molar-refractivity contribution in [1.29, 1.82) is 0 Å². The molecule has 2 amide bonds. The number of nitrogens with one attached hydrogen (secondary N) is 1. The molecule has 2 unspecified atom stereocenters. The summed E-state index contributed by atoms with van der Waals surface area (Å²) in [5.74, 6) is 0.665. The standard InChI is InChI=1S/C15H28N2O2/c1-5-12(4)17-14(18)10-13(15(17)19)16-9-7-6-8-11(2)3/h11-13,16H,5-10H2,1-4H3. The molecule has 1 rings (SSSR count). The zero-order valence-corrected chi connectivity index (χ0v) is 12.7. The molecule has 19 heavy (non-hydrogen) atoms. The molecule has 0 spiro atoms. The molecular weight excluding hydrogens is 240 g/mol. The summed E-state index contributed by atoms with van der Waals surface area (Å²) in [5, 5.41) is 3.23. The highest BCUT2D eigenvalue weighted by molar-refractivity contribution is 6.05. The summed E-state index contributed by atoms with van der Waals surface area (Å²) < 4.78 is 0.